The first-order valence-electron chi connectivity index (χ1n) is 6.67. The van der Waals surface area contributed by atoms with Gasteiger partial charge in [-0.05, 0) is 30.7 Å². The van der Waals surface area contributed by atoms with Gasteiger partial charge in [-0.25, -0.2) is 0 Å². The standard InChI is InChI=1S/C14H18N2O2/c17-12-4-3-11(9-15-12)13(18)16-8-7-14(10-16)5-1-2-6-14/h3-4,9H,1-2,5-8,10H2,(H,15,17). The van der Waals surface area contributed by atoms with Gasteiger partial charge in [0.05, 0.1) is 5.56 Å². The van der Waals surface area contributed by atoms with E-state index in [0.717, 1.165) is 19.5 Å². The predicted octanol–water partition coefficient (Wildman–Crippen LogP) is 1.78. The molecule has 0 aromatic carbocycles. The van der Waals surface area contributed by atoms with Gasteiger partial charge in [0.2, 0.25) is 5.56 Å². The summed E-state index contributed by atoms with van der Waals surface area (Å²) in [7, 11) is 0. The van der Waals surface area contributed by atoms with Crippen molar-refractivity contribution >= 4 is 5.91 Å². The Bertz CT molecular complexity index is 494. The highest BCUT2D eigenvalue weighted by Crippen LogP contribution is 2.45. The highest BCUT2D eigenvalue weighted by molar-refractivity contribution is 5.94. The highest BCUT2D eigenvalue weighted by atomic mass is 16.2. The predicted molar refractivity (Wildman–Crippen MR) is 68.5 cm³/mol. The lowest BCUT2D eigenvalue weighted by Crippen LogP contribution is -2.31. The van der Waals surface area contributed by atoms with E-state index in [4.69, 9.17) is 0 Å². The van der Waals surface area contributed by atoms with Crippen molar-refractivity contribution in [1.82, 2.24) is 9.88 Å². The van der Waals surface area contributed by atoms with Crippen LogP contribution in [0.5, 0.6) is 0 Å². The van der Waals surface area contributed by atoms with Crippen LogP contribution in [0.25, 0.3) is 0 Å². The maximum absolute atomic E-state index is 12.3. The molecule has 1 saturated heterocycles. The average Bonchev–Trinajstić information content (AvgIpc) is 3.01. The van der Waals surface area contributed by atoms with Gasteiger partial charge in [0.25, 0.3) is 5.91 Å². The molecule has 96 valence electrons. The lowest BCUT2D eigenvalue weighted by Gasteiger charge is -2.23. The van der Waals surface area contributed by atoms with E-state index >= 15 is 0 Å². The van der Waals surface area contributed by atoms with Crippen molar-refractivity contribution in [2.24, 2.45) is 5.41 Å². The SMILES string of the molecule is O=C(c1ccc(=O)[nH]c1)N1CCC2(CCCC2)C1. The second-order valence-electron chi connectivity index (χ2n) is 5.63. The third-order valence-electron chi connectivity index (χ3n) is 4.42. The van der Waals surface area contributed by atoms with Gasteiger partial charge in [0, 0.05) is 25.4 Å². The van der Waals surface area contributed by atoms with Gasteiger partial charge in [-0.15, -0.1) is 0 Å². The fourth-order valence-electron chi connectivity index (χ4n) is 3.37. The zero-order valence-corrected chi connectivity index (χ0v) is 10.4. The average molecular weight is 246 g/mol. The number of carbonyl (C=O) groups is 1. The molecular weight excluding hydrogens is 228 g/mol. The number of aromatic amines is 1. The Kier molecular flexibility index (Phi) is 2.73. The smallest absolute Gasteiger partial charge is 0.255 e. The van der Waals surface area contributed by atoms with E-state index in [1.807, 2.05) is 4.90 Å². The van der Waals surface area contributed by atoms with E-state index in [1.54, 1.807) is 6.07 Å². The van der Waals surface area contributed by atoms with Crippen LogP contribution >= 0.6 is 0 Å². The van der Waals surface area contributed by atoms with Crippen molar-refractivity contribution in [3.8, 4) is 0 Å². The van der Waals surface area contributed by atoms with Crippen LogP contribution in [0.3, 0.4) is 0 Å². The van der Waals surface area contributed by atoms with Crippen LogP contribution in [0.4, 0.5) is 0 Å². The van der Waals surface area contributed by atoms with Crippen molar-refractivity contribution < 1.29 is 4.79 Å². The molecular formula is C14H18N2O2. The lowest BCUT2D eigenvalue weighted by atomic mass is 9.86. The van der Waals surface area contributed by atoms with E-state index in [0.29, 0.717) is 11.0 Å². The number of nitrogens with one attached hydrogen (secondary N) is 1. The molecule has 2 heterocycles. The number of nitrogens with zero attached hydrogens (tertiary/aromatic N) is 1. The largest absolute Gasteiger partial charge is 0.338 e. The molecule has 4 nitrogen and oxygen atoms in total. The van der Waals surface area contributed by atoms with Crippen LogP contribution in [-0.4, -0.2) is 28.9 Å². The molecule has 0 unspecified atom stereocenters. The zero-order valence-electron chi connectivity index (χ0n) is 10.4. The molecule has 3 rings (SSSR count). The lowest BCUT2D eigenvalue weighted by molar-refractivity contribution is 0.0773. The molecule has 0 radical (unpaired) electrons. The van der Waals surface area contributed by atoms with Crippen molar-refractivity contribution in [2.45, 2.75) is 32.1 Å². The molecule has 2 aliphatic rings. The third kappa shape index (κ3) is 1.96. The second-order valence-corrected chi connectivity index (χ2v) is 5.63. The zero-order chi connectivity index (χ0) is 12.6. The summed E-state index contributed by atoms with van der Waals surface area (Å²) >= 11 is 0. The molecule has 18 heavy (non-hydrogen) atoms. The number of H-pyrrole nitrogens is 1. The monoisotopic (exact) mass is 246 g/mol. The molecule has 2 fully saturated rings. The van der Waals surface area contributed by atoms with E-state index in [2.05, 4.69) is 4.98 Å². The van der Waals surface area contributed by atoms with Crippen LogP contribution in [0.1, 0.15) is 42.5 Å². The van der Waals surface area contributed by atoms with Gasteiger partial charge in [0.15, 0.2) is 0 Å². The number of amides is 1. The van der Waals surface area contributed by atoms with Gasteiger partial charge in [-0.1, -0.05) is 12.8 Å². The summed E-state index contributed by atoms with van der Waals surface area (Å²) in [6, 6.07) is 3.02. The van der Waals surface area contributed by atoms with Crippen LogP contribution < -0.4 is 5.56 Å². The minimum Gasteiger partial charge on any atom is -0.338 e. The first-order valence-corrected chi connectivity index (χ1v) is 6.67. The maximum atomic E-state index is 12.3. The van der Waals surface area contributed by atoms with E-state index in [1.165, 1.54) is 37.9 Å². The topological polar surface area (TPSA) is 53.2 Å². The Morgan fingerprint density at radius 1 is 1.22 bits per heavy atom. The molecule has 0 bridgehead atoms. The highest BCUT2D eigenvalue weighted by Gasteiger charge is 2.41. The van der Waals surface area contributed by atoms with Crippen LogP contribution in [0.15, 0.2) is 23.1 Å². The summed E-state index contributed by atoms with van der Waals surface area (Å²) in [5.74, 6) is 0.0509. The summed E-state index contributed by atoms with van der Waals surface area (Å²) in [5.41, 5.74) is 0.822. The molecule has 1 aromatic rings. The number of aromatic nitrogens is 1. The molecule has 1 N–H and O–H groups in total. The van der Waals surface area contributed by atoms with Crippen LogP contribution in [-0.2, 0) is 0 Å². The molecule has 1 amide bonds. The molecule has 1 aliphatic carbocycles. The first-order chi connectivity index (χ1) is 8.69. The van der Waals surface area contributed by atoms with E-state index < -0.39 is 0 Å². The second kappa shape index (κ2) is 4.26. The van der Waals surface area contributed by atoms with Gasteiger partial charge >= 0.3 is 0 Å². The Hall–Kier alpha value is -1.58. The number of likely N-dealkylation sites (tertiary alicyclic amines) is 1. The van der Waals surface area contributed by atoms with Crippen molar-refractivity contribution in [2.75, 3.05) is 13.1 Å². The fraction of sp³-hybridized carbons (Fsp3) is 0.571. The van der Waals surface area contributed by atoms with Crippen molar-refractivity contribution in [1.29, 1.82) is 0 Å². The summed E-state index contributed by atoms with van der Waals surface area (Å²) < 4.78 is 0. The summed E-state index contributed by atoms with van der Waals surface area (Å²) in [6.45, 7) is 1.75. The molecule has 1 aliphatic heterocycles. The Morgan fingerprint density at radius 3 is 2.67 bits per heavy atom. The van der Waals surface area contributed by atoms with E-state index in [-0.39, 0.29) is 11.5 Å². The number of rotatable bonds is 1. The van der Waals surface area contributed by atoms with Crippen LogP contribution in [0.2, 0.25) is 0 Å². The van der Waals surface area contributed by atoms with Gasteiger partial charge < -0.3 is 9.88 Å². The van der Waals surface area contributed by atoms with Gasteiger partial charge in [-0.3, -0.25) is 9.59 Å². The summed E-state index contributed by atoms with van der Waals surface area (Å²) in [4.78, 5) is 27.8. The Morgan fingerprint density at radius 2 is 2.00 bits per heavy atom. The number of hydrogen-bond acceptors (Lipinski definition) is 2. The summed E-state index contributed by atoms with van der Waals surface area (Å²) in [6.07, 6.45) is 7.80. The Labute approximate surface area is 106 Å². The minimum atomic E-state index is -0.166. The number of pyridine rings is 1. The molecule has 0 atom stereocenters. The molecule has 1 aromatic heterocycles. The van der Waals surface area contributed by atoms with E-state index in [9.17, 15) is 9.59 Å². The minimum absolute atomic E-state index is 0.0509. The number of hydrogen-bond donors (Lipinski definition) is 1. The third-order valence-corrected chi connectivity index (χ3v) is 4.42. The van der Waals surface area contributed by atoms with Crippen LogP contribution in [0, 0.1) is 5.41 Å². The molecule has 1 spiro atoms. The summed E-state index contributed by atoms with van der Waals surface area (Å²) in [5, 5.41) is 0. The molecule has 4 heteroatoms. The maximum Gasteiger partial charge on any atom is 0.255 e. The van der Waals surface area contributed by atoms with Gasteiger partial charge in [-0.2, -0.15) is 0 Å². The van der Waals surface area contributed by atoms with Gasteiger partial charge in [0.1, 0.15) is 0 Å². The van der Waals surface area contributed by atoms with Crippen molar-refractivity contribution in [3.63, 3.8) is 0 Å². The normalized spacial score (nSPS) is 21.7. The quantitative estimate of drug-likeness (QED) is 0.821. The molecule has 1 saturated carbocycles. The number of carbonyl (C=O) groups excluding carboxylic acids is 1. The Balaban J connectivity index is 1.74. The van der Waals surface area contributed by atoms with Crippen molar-refractivity contribution in [3.05, 3.63) is 34.2 Å². The first kappa shape index (κ1) is 11.5. The fourth-order valence-corrected chi connectivity index (χ4v) is 3.37.